The normalized spacial score (nSPS) is 20.8. The highest BCUT2D eigenvalue weighted by molar-refractivity contribution is 7.93. The smallest absolute Gasteiger partial charge is 0.382 e. The Morgan fingerprint density at radius 1 is 1.05 bits per heavy atom. The van der Waals surface area contributed by atoms with Gasteiger partial charge in [-0.15, -0.1) is 0 Å². The van der Waals surface area contributed by atoms with Crippen molar-refractivity contribution in [3.8, 4) is 0 Å². The van der Waals surface area contributed by atoms with Crippen molar-refractivity contribution in [3.05, 3.63) is 29.8 Å². The Labute approximate surface area is 232 Å². The second-order valence-corrected chi connectivity index (χ2v) is 12.4. The lowest BCUT2D eigenvalue weighted by Gasteiger charge is -2.37. The third kappa shape index (κ3) is 7.18. The minimum Gasteiger partial charge on any atom is -0.382 e. The van der Waals surface area contributed by atoms with E-state index in [0.717, 1.165) is 24.3 Å². The molecule has 0 radical (unpaired) electrons. The van der Waals surface area contributed by atoms with Gasteiger partial charge in [0.15, 0.2) is 23.2 Å². The van der Waals surface area contributed by atoms with Crippen molar-refractivity contribution in [1.82, 2.24) is 10.6 Å². The first kappa shape index (κ1) is 34.4. The standard InChI is InChI=1S/C24H32F6N4O6S/c1-12(2)15(18(36)23(25,26)27)33-20(38)22(10-5-11-32-22)19(37)16(31)21(3,4)17(35)13-6-8-14(9-7-13)34-41(39,40)24(28,29)30/h6-9,12,15-16,18,32,34,36H,5,10-11,31H2,1-4H3,(H,33,38)/t15?,16-,18?,22+/m1/s1. The second kappa shape index (κ2) is 11.9. The molecule has 2 unspecified atom stereocenters. The molecular formula is C24H32F6N4O6S. The van der Waals surface area contributed by atoms with E-state index in [1.807, 2.05) is 0 Å². The SMILES string of the molecule is CC(C)C(NC(=O)[C@@]1(C(=O)[C@@H](N)C(C)(C)C(=O)c2ccc(NS(=O)(=O)C(F)(F)F)cc2)CCCN1)C(O)C(F)(F)F. The molecule has 6 N–H and O–H groups in total. The molecule has 17 heteroatoms. The van der Waals surface area contributed by atoms with Gasteiger partial charge < -0.3 is 16.2 Å². The molecule has 1 aromatic rings. The van der Waals surface area contributed by atoms with Crippen LogP contribution in [0.1, 0.15) is 50.9 Å². The van der Waals surface area contributed by atoms with Gasteiger partial charge in [-0.1, -0.05) is 27.7 Å². The summed E-state index contributed by atoms with van der Waals surface area (Å²) in [6.07, 6.45) is -7.87. The fourth-order valence-electron chi connectivity index (χ4n) is 4.36. The van der Waals surface area contributed by atoms with Crippen LogP contribution in [0.25, 0.3) is 0 Å². The number of hydrogen-bond acceptors (Lipinski definition) is 8. The summed E-state index contributed by atoms with van der Waals surface area (Å²) < 4.78 is 101. The molecular weight excluding hydrogens is 586 g/mol. The van der Waals surface area contributed by atoms with E-state index in [1.54, 1.807) is 0 Å². The van der Waals surface area contributed by atoms with Crippen molar-refractivity contribution in [3.63, 3.8) is 0 Å². The van der Waals surface area contributed by atoms with E-state index in [2.05, 4.69) is 10.6 Å². The molecule has 0 aromatic heterocycles. The number of amides is 1. The lowest BCUT2D eigenvalue weighted by Crippen LogP contribution is -2.68. The first-order chi connectivity index (χ1) is 18.5. The molecule has 1 saturated heterocycles. The summed E-state index contributed by atoms with van der Waals surface area (Å²) in [4.78, 5) is 40.2. The van der Waals surface area contributed by atoms with Gasteiger partial charge in [0.05, 0.1) is 17.5 Å². The van der Waals surface area contributed by atoms with Gasteiger partial charge in [-0.25, -0.2) is 0 Å². The summed E-state index contributed by atoms with van der Waals surface area (Å²) in [6.45, 7) is 5.34. The molecule has 10 nitrogen and oxygen atoms in total. The van der Waals surface area contributed by atoms with Crippen LogP contribution in [-0.4, -0.2) is 73.0 Å². The van der Waals surface area contributed by atoms with Crippen molar-refractivity contribution in [2.24, 2.45) is 17.1 Å². The predicted molar refractivity (Wildman–Crippen MR) is 135 cm³/mol. The Kier molecular flexibility index (Phi) is 9.96. The van der Waals surface area contributed by atoms with Crippen LogP contribution in [0.4, 0.5) is 32.0 Å². The van der Waals surface area contributed by atoms with Gasteiger partial charge in [-0.2, -0.15) is 34.8 Å². The van der Waals surface area contributed by atoms with Gasteiger partial charge in [0.2, 0.25) is 5.91 Å². The minimum absolute atomic E-state index is 0.129. The summed E-state index contributed by atoms with van der Waals surface area (Å²) in [5.74, 6) is -3.82. The molecule has 1 aliphatic heterocycles. The fraction of sp³-hybridized carbons (Fsp3) is 0.625. The van der Waals surface area contributed by atoms with Crippen molar-refractivity contribution in [2.75, 3.05) is 11.3 Å². The topological polar surface area (TPSA) is 168 Å². The fourth-order valence-corrected chi connectivity index (χ4v) is 4.92. The summed E-state index contributed by atoms with van der Waals surface area (Å²) in [7, 11) is -5.71. The van der Waals surface area contributed by atoms with Crippen LogP contribution in [0.15, 0.2) is 24.3 Å². The van der Waals surface area contributed by atoms with Crippen molar-refractivity contribution in [2.45, 2.75) is 75.9 Å². The number of nitrogens with one attached hydrogen (secondary N) is 3. The molecule has 0 spiro atoms. The maximum Gasteiger partial charge on any atom is 0.516 e. The number of alkyl halides is 6. The number of carbonyl (C=O) groups is 3. The number of halogens is 6. The van der Waals surface area contributed by atoms with E-state index < -0.39 is 79.9 Å². The zero-order valence-corrected chi connectivity index (χ0v) is 23.3. The molecule has 2 rings (SSSR count). The molecule has 4 atom stereocenters. The number of hydrogen-bond donors (Lipinski definition) is 5. The number of aliphatic hydroxyl groups is 1. The maximum atomic E-state index is 13.6. The Balaban J connectivity index is 2.32. The third-order valence-corrected chi connectivity index (χ3v) is 8.12. The molecule has 0 aliphatic carbocycles. The van der Waals surface area contributed by atoms with E-state index >= 15 is 0 Å². The second-order valence-electron chi connectivity index (χ2n) is 10.7. The highest BCUT2D eigenvalue weighted by Crippen LogP contribution is 2.33. The number of ketones is 2. The van der Waals surface area contributed by atoms with Gasteiger partial charge in [0, 0.05) is 11.3 Å². The summed E-state index contributed by atoms with van der Waals surface area (Å²) in [6, 6.07) is 0.319. The van der Waals surface area contributed by atoms with Crippen LogP contribution in [0.3, 0.4) is 0 Å². The monoisotopic (exact) mass is 618 g/mol. The Bertz CT molecular complexity index is 1240. The predicted octanol–water partition coefficient (Wildman–Crippen LogP) is 2.24. The van der Waals surface area contributed by atoms with Crippen molar-refractivity contribution in [1.29, 1.82) is 0 Å². The van der Waals surface area contributed by atoms with E-state index in [4.69, 9.17) is 5.73 Å². The quantitative estimate of drug-likeness (QED) is 0.143. The molecule has 41 heavy (non-hydrogen) atoms. The molecule has 232 valence electrons. The van der Waals surface area contributed by atoms with E-state index in [-0.39, 0.29) is 24.9 Å². The molecule has 1 aromatic carbocycles. The average molecular weight is 619 g/mol. The van der Waals surface area contributed by atoms with E-state index in [0.29, 0.717) is 0 Å². The Morgan fingerprint density at radius 2 is 1.59 bits per heavy atom. The number of rotatable bonds is 11. The van der Waals surface area contributed by atoms with Gasteiger partial charge in [-0.3, -0.25) is 24.4 Å². The highest BCUT2D eigenvalue weighted by atomic mass is 32.2. The van der Waals surface area contributed by atoms with Crippen LogP contribution >= 0.6 is 0 Å². The van der Waals surface area contributed by atoms with E-state index in [9.17, 15) is 54.3 Å². The molecule has 0 bridgehead atoms. The first-order valence-electron chi connectivity index (χ1n) is 12.3. The number of sulfonamides is 1. The minimum atomic E-state index is -5.71. The van der Waals surface area contributed by atoms with Crippen molar-refractivity contribution >= 4 is 33.2 Å². The summed E-state index contributed by atoms with van der Waals surface area (Å²) in [5.41, 5.74) is -3.89. The average Bonchev–Trinajstić information content (AvgIpc) is 3.35. The Morgan fingerprint density at radius 3 is 2.00 bits per heavy atom. The number of anilines is 1. The molecule has 1 fully saturated rings. The lowest BCUT2D eigenvalue weighted by atomic mass is 9.71. The number of benzene rings is 1. The number of aliphatic hydroxyl groups excluding tert-OH is 1. The van der Waals surface area contributed by atoms with Crippen LogP contribution < -0.4 is 21.1 Å². The molecule has 1 heterocycles. The number of carbonyl (C=O) groups excluding carboxylic acids is 3. The largest absolute Gasteiger partial charge is 0.516 e. The van der Waals surface area contributed by atoms with Crippen LogP contribution in [0, 0.1) is 11.3 Å². The summed E-state index contributed by atoms with van der Waals surface area (Å²) in [5, 5.41) is 14.6. The zero-order chi connectivity index (χ0) is 31.8. The van der Waals surface area contributed by atoms with Crippen LogP contribution in [0.2, 0.25) is 0 Å². The third-order valence-electron chi connectivity index (χ3n) is 7.00. The van der Waals surface area contributed by atoms with Crippen LogP contribution in [-0.2, 0) is 19.6 Å². The maximum absolute atomic E-state index is 13.6. The summed E-state index contributed by atoms with van der Waals surface area (Å²) >= 11 is 0. The lowest BCUT2D eigenvalue weighted by molar-refractivity contribution is -0.215. The Hall–Kier alpha value is -2.76. The van der Waals surface area contributed by atoms with Gasteiger partial charge in [0.1, 0.15) is 0 Å². The van der Waals surface area contributed by atoms with Crippen LogP contribution in [0.5, 0.6) is 0 Å². The van der Waals surface area contributed by atoms with Crippen molar-refractivity contribution < 1.29 is 54.3 Å². The first-order valence-corrected chi connectivity index (χ1v) is 13.8. The molecule has 1 aliphatic rings. The zero-order valence-electron chi connectivity index (χ0n) is 22.5. The van der Waals surface area contributed by atoms with Gasteiger partial charge in [0.25, 0.3) is 0 Å². The number of Topliss-reactive ketones (excluding diaryl/α,β-unsaturated/α-hetero) is 2. The number of nitrogens with two attached hydrogens (primary N) is 1. The highest BCUT2D eigenvalue weighted by Gasteiger charge is 2.55. The molecule has 0 saturated carbocycles. The van der Waals surface area contributed by atoms with Gasteiger partial charge >= 0.3 is 21.7 Å². The molecule has 1 amide bonds. The van der Waals surface area contributed by atoms with E-state index in [1.165, 1.54) is 32.4 Å². The van der Waals surface area contributed by atoms with Gasteiger partial charge in [-0.05, 0) is 49.6 Å².